The van der Waals surface area contributed by atoms with E-state index in [9.17, 15) is 0 Å². The molecule has 0 atom stereocenters. The molecule has 0 unspecified atom stereocenters. The molecular formula is C116H93Ir4N13-8. The Bertz CT molecular complexity index is 6020. The van der Waals surface area contributed by atoms with Gasteiger partial charge in [-0.3, -0.25) is 15.0 Å². The normalized spacial score (nSPS) is 9.95. The second kappa shape index (κ2) is 57.3. The zero-order chi connectivity index (χ0) is 88.9. The molecule has 666 valence electrons. The van der Waals surface area contributed by atoms with E-state index in [1.807, 2.05) is 358 Å². The third kappa shape index (κ3) is 33.5. The monoisotopic (exact) mass is 2440 g/mol. The molecule has 133 heavy (non-hydrogen) atoms. The molecule has 20 aromatic rings. The van der Waals surface area contributed by atoms with Crippen LogP contribution in [0.2, 0.25) is 0 Å². The number of benzene rings is 8. The third-order valence-electron chi connectivity index (χ3n) is 19.3. The molecule has 17 heteroatoms. The predicted octanol–water partition coefficient (Wildman–Crippen LogP) is 26.9. The summed E-state index contributed by atoms with van der Waals surface area (Å²) in [6, 6.07) is 148. The van der Waals surface area contributed by atoms with E-state index in [-0.39, 0.29) is 80.4 Å². The number of hydrogen-bond donors (Lipinski definition) is 0. The minimum absolute atomic E-state index is 0. The van der Waals surface area contributed by atoms with Gasteiger partial charge in [0.2, 0.25) is 0 Å². The van der Waals surface area contributed by atoms with Crippen molar-refractivity contribution in [1.29, 1.82) is 0 Å². The molecular weight excluding hydrogens is 2340 g/mol. The molecule has 0 saturated carbocycles. The number of hydrogen-bond acceptors (Lipinski definition) is 13. The van der Waals surface area contributed by atoms with Crippen LogP contribution < -0.4 is 0 Å². The fraction of sp³-hybridized carbons (Fsp3) is 0.0776. The Hall–Kier alpha value is -13.9. The largest absolute Gasteiger partial charge is 0.305 e. The Morgan fingerprint density at radius 3 is 0.722 bits per heavy atom. The first-order valence-corrected chi connectivity index (χ1v) is 42.5. The van der Waals surface area contributed by atoms with Gasteiger partial charge < -0.3 is 39.9 Å². The molecule has 0 aliphatic carbocycles. The molecule has 20 rings (SSSR count). The smallest absolute Gasteiger partial charge is 0.116 e. The van der Waals surface area contributed by atoms with Crippen LogP contribution in [0.1, 0.15) is 57.6 Å². The average molecular weight is 2440 g/mol. The molecule has 0 aliphatic heterocycles. The summed E-state index contributed by atoms with van der Waals surface area (Å²) in [5.41, 5.74) is 27.0. The zero-order valence-corrected chi connectivity index (χ0v) is 83.4. The number of aromatic nitrogens is 13. The van der Waals surface area contributed by atoms with E-state index >= 15 is 0 Å². The first-order valence-electron chi connectivity index (χ1n) is 42.5. The topological polar surface area (TPSA) is 168 Å². The van der Waals surface area contributed by atoms with Gasteiger partial charge in [0, 0.05) is 176 Å². The van der Waals surface area contributed by atoms with Crippen LogP contribution in [0.15, 0.2) is 438 Å². The molecule has 13 nitrogen and oxygen atoms in total. The Balaban J connectivity index is 0.000000172. The maximum absolute atomic E-state index is 4.74. The molecule has 0 saturated heterocycles. The van der Waals surface area contributed by atoms with E-state index in [1.54, 1.807) is 31.0 Å². The number of pyridine rings is 11. The summed E-state index contributed by atoms with van der Waals surface area (Å²) < 4.78 is 0. The summed E-state index contributed by atoms with van der Waals surface area (Å²) in [6.45, 7) is 10.8. The zero-order valence-electron chi connectivity index (χ0n) is 73.8. The Kier molecular flexibility index (Phi) is 44.3. The van der Waals surface area contributed by atoms with Gasteiger partial charge in [0.05, 0.1) is 22.8 Å². The van der Waals surface area contributed by atoms with Crippen LogP contribution in [0.5, 0.6) is 0 Å². The minimum Gasteiger partial charge on any atom is -0.305 e. The van der Waals surface area contributed by atoms with Gasteiger partial charge in [-0.25, -0.2) is 9.97 Å². The van der Waals surface area contributed by atoms with Gasteiger partial charge in [0.15, 0.2) is 0 Å². The van der Waals surface area contributed by atoms with E-state index in [0.717, 1.165) is 165 Å². The van der Waals surface area contributed by atoms with E-state index < -0.39 is 0 Å². The van der Waals surface area contributed by atoms with Crippen LogP contribution in [0, 0.1) is 54.4 Å². The van der Waals surface area contributed by atoms with Gasteiger partial charge in [0.1, 0.15) is 6.33 Å². The molecule has 0 bridgehead atoms. The average Bonchev–Trinajstić information content (AvgIpc) is 0.848. The minimum atomic E-state index is 0. The quantitative estimate of drug-likeness (QED) is 0.0839. The number of aryl methyl sites for hydroxylation is 1. The summed E-state index contributed by atoms with van der Waals surface area (Å²) in [6.07, 6.45) is 19.8. The van der Waals surface area contributed by atoms with Crippen molar-refractivity contribution >= 4 is 0 Å². The van der Waals surface area contributed by atoms with E-state index in [1.165, 1.54) is 6.33 Å². The van der Waals surface area contributed by atoms with Gasteiger partial charge in [-0.2, -0.15) is 0 Å². The van der Waals surface area contributed by atoms with Crippen molar-refractivity contribution in [3.05, 3.63) is 504 Å². The Morgan fingerprint density at radius 1 is 0.218 bits per heavy atom. The van der Waals surface area contributed by atoms with Crippen LogP contribution >= 0.6 is 0 Å². The number of nitrogens with zero attached hydrogens (tertiary/aromatic N) is 13. The second-order valence-corrected chi connectivity index (χ2v) is 29.5. The first kappa shape index (κ1) is 103. The summed E-state index contributed by atoms with van der Waals surface area (Å²) in [5.74, 6) is 1.04. The van der Waals surface area contributed by atoms with Crippen molar-refractivity contribution in [3.8, 4) is 135 Å². The molecule has 0 N–H and O–H groups in total. The molecule has 0 spiro atoms. The van der Waals surface area contributed by atoms with Crippen LogP contribution in [-0.4, -0.2) is 64.8 Å². The van der Waals surface area contributed by atoms with Crippen molar-refractivity contribution in [2.45, 2.75) is 53.4 Å². The fourth-order valence-electron chi connectivity index (χ4n) is 12.7. The molecule has 4 radical (unpaired) electrons. The molecule has 12 aromatic heterocycles. The summed E-state index contributed by atoms with van der Waals surface area (Å²) in [5, 5.41) is 0. The molecule has 0 aliphatic rings. The first-order chi connectivity index (χ1) is 63.6. The van der Waals surface area contributed by atoms with Crippen molar-refractivity contribution in [1.82, 2.24) is 64.8 Å². The molecule has 8 aromatic carbocycles. The molecule has 12 heterocycles. The fourth-order valence-corrected chi connectivity index (χ4v) is 12.7. The maximum Gasteiger partial charge on any atom is 0.116 e. The van der Waals surface area contributed by atoms with Crippen molar-refractivity contribution < 1.29 is 80.4 Å². The van der Waals surface area contributed by atoms with Gasteiger partial charge in [-0.05, 0) is 137 Å². The van der Waals surface area contributed by atoms with Gasteiger partial charge in [-0.15, -0.1) is 287 Å². The second-order valence-electron chi connectivity index (χ2n) is 29.5. The van der Waals surface area contributed by atoms with Crippen LogP contribution in [0.3, 0.4) is 0 Å². The summed E-state index contributed by atoms with van der Waals surface area (Å²) in [4.78, 5) is 57.0. The van der Waals surface area contributed by atoms with Gasteiger partial charge in [-0.1, -0.05) is 150 Å². The van der Waals surface area contributed by atoms with Crippen LogP contribution in [0.4, 0.5) is 0 Å². The van der Waals surface area contributed by atoms with Gasteiger partial charge >= 0.3 is 0 Å². The van der Waals surface area contributed by atoms with E-state index in [2.05, 4.69) is 180 Å². The Labute approximate surface area is 836 Å². The third-order valence-corrected chi connectivity index (χ3v) is 19.3. The summed E-state index contributed by atoms with van der Waals surface area (Å²) in [7, 11) is 0. The predicted molar refractivity (Wildman–Crippen MR) is 521 cm³/mol. The van der Waals surface area contributed by atoms with E-state index in [0.29, 0.717) is 11.8 Å². The summed E-state index contributed by atoms with van der Waals surface area (Å²) >= 11 is 0. The number of rotatable bonds is 16. The standard InChI is InChI=1S/C20H19N2.C19H17N2.C18H15N2.C15H10N3.4C11H8N.4Ir/c1-15(2)13-18-9-6-10-20(22-18)17-11-12-19(21-14-17)16-7-4-3-5-8-16;1-14(2)17-9-6-10-19(21-17)16-11-12-18(20-13-16)15-7-4-3-5-8-15;1-2-16-9-6-10-18(20-16)15-11-12-17(19-13-15)14-7-4-3-5-8-14;1-2-4-12(5-3-1)14-7-6-13(10-17-14)15-8-9-16-11-18-15;4*1-2-6-10(7-3-1)11-8-4-5-9-12-11;;;;/h3-7,9-12,14-15H,13H2,1-2H3;3-7,9-14H,1-2H3;3-7,9-13H,2H2,1H3;1-4,6-11H;4*1-6,8-9H;;;;/q8*-1;;;;. The molecule has 0 amide bonds. The van der Waals surface area contributed by atoms with E-state index in [4.69, 9.17) is 9.97 Å². The molecule has 0 fully saturated rings. The van der Waals surface area contributed by atoms with Crippen LogP contribution in [0.25, 0.3) is 135 Å². The van der Waals surface area contributed by atoms with Gasteiger partial charge in [0.25, 0.3) is 0 Å². The van der Waals surface area contributed by atoms with Crippen molar-refractivity contribution in [2.75, 3.05) is 0 Å². The maximum atomic E-state index is 4.74. The Morgan fingerprint density at radius 2 is 0.481 bits per heavy atom. The SMILES string of the molecule is CC(C)Cc1cccc(-c2ccc(-c3[c-]cccc3)nc2)n1.CC(C)c1cccc(-c2ccc(-c3[c-]cccc3)nc2)n1.CCc1cccc(-c2ccc(-c3[c-]cccc3)nc2)n1.[Ir].[Ir].[Ir].[Ir].[c-]1ccccc1-c1ccc(-c2ccncn2)cn1.[c-]1ccccc1-c1ccccn1.[c-]1ccccc1-c1ccccn1.[c-]1ccccc1-c1ccccn1.[c-]1ccccc1-c1ccccn1. The van der Waals surface area contributed by atoms with Crippen molar-refractivity contribution in [3.63, 3.8) is 0 Å². The van der Waals surface area contributed by atoms with Crippen molar-refractivity contribution in [2.24, 2.45) is 5.92 Å². The van der Waals surface area contributed by atoms with Crippen LogP contribution in [-0.2, 0) is 93.3 Å².